The maximum absolute atomic E-state index is 12.7. The van der Waals surface area contributed by atoms with Crippen LogP contribution >= 0.6 is 11.8 Å². The third kappa shape index (κ3) is 5.55. The highest BCUT2D eigenvalue weighted by atomic mass is 32.2. The van der Waals surface area contributed by atoms with Crippen LogP contribution in [0.4, 0.5) is 0 Å². The van der Waals surface area contributed by atoms with Crippen LogP contribution in [0.3, 0.4) is 0 Å². The molecule has 1 aliphatic rings. The molecule has 2 aromatic rings. The second-order valence-electron chi connectivity index (χ2n) is 7.40. The van der Waals surface area contributed by atoms with Crippen LogP contribution < -0.4 is 5.32 Å². The maximum Gasteiger partial charge on any atom is 0.220 e. The van der Waals surface area contributed by atoms with Gasteiger partial charge in [0.2, 0.25) is 5.91 Å². The van der Waals surface area contributed by atoms with Crippen molar-refractivity contribution in [3.05, 3.63) is 52.8 Å². The highest BCUT2D eigenvalue weighted by molar-refractivity contribution is 7.98. The van der Waals surface area contributed by atoms with Crippen molar-refractivity contribution in [3.63, 3.8) is 0 Å². The minimum absolute atomic E-state index is 0.0316. The number of rotatable bonds is 8. The van der Waals surface area contributed by atoms with Crippen molar-refractivity contribution in [2.45, 2.75) is 50.7 Å². The predicted molar refractivity (Wildman–Crippen MR) is 115 cm³/mol. The lowest BCUT2D eigenvalue weighted by Gasteiger charge is -2.25. The first kappa shape index (κ1) is 20.8. The Bertz CT molecular complexity index is 767. The zero-order valence-corrected chi connectivity index (χ0v) is 17.9. The summed E-state index contributed by atoms with van der Waals surface area (Å²) in [6.07, 6.45) is 5.60. The first-order valence-electron chi connectivity index (χ1n) is 10.0. The lowest BCUT2D eigenvalue weighted by atomic mass is 10.0. The van der Waals surface area contributed by atoms with Gasteiger partial charge in [0.05, 0.1) is 6.04 Å². The summed E-state index contributed by atoms with van der Waals surface area (Å²) in [5.41, 5.74) is 4.20. The summed E-state index contributed by atoms with van der Waals surface area (Å²) in [5.74, 6) is 0.0841. The van der Waals surface area contributed by atoms with Gasteiger partial charge in [0.1, 0.15) is 0 Å². The average molecular weight is 399 g/mol. The Balaban J connectivity index is 1.63. The largest absolute Gasteiger partial charge is 0.348 e. The number of aryl methyl sites for hydroxylation is 2. The number of carbonyl (C=O) groups is 1. The molecule has 1 amide bonds. The molecule has 0 aliphatic carbocycles. The van der Waals surface area contributed by atoms with Crippen molar-refractivity contribution in [2.75, 3.05) is 25.9 Å². The number of likely N-dealkylation sites (tertiary alicyclic amines) is 1. The number of hydrogen-bond donors (Lipinski definition) is 1. The molecule has 150 valence electrons. The van der Waals surface area contributed by atoms with Gasteiger partial charge >= 0.3 is 0 Å². The van der Waals surface area contributed by atoms with Crippen LogP contribution in [0.2, 0.25) is 0 Å². The van der Waals surface area contributed by atoms with E-state index >= 15 is 0 Å². The molecule has 5 nitrogen and oxygen atoms in total. The zero-order valence-electron chi connectivity index (χ0n) is 17.1. The number of carbonyl (C=O) groups excluding carboxylic acids is 1. The second-order valence-corrected chi connectivity index (χ2v) is 8.17. The molecule has 1 aliphatic heterocycles. The summed E-state index contributed by atoms with van der Waals surface area (Å²) < 4.78 is 0. The van der Waals surface area contributed by atoms with Gasteiger partial charge in [-0.05, 0) is 63.6 Å². The first-order chi connectivity index (χ1) is 13.6. The van der Waals surface area contributed by atoms with E-state index in [0.29, 0.717) is 12.8 Å². The number of benzene rings is 1. The minimum atomic E-state index is 0.0316. The van der Waals surface area contributed by atoms with Crippen LogP contribution in [0.5, 0.6) is 0 Å². The van der Waals surface area contributed by atoms with Gasteiger partial charge < -0.3 is 10.2 Å². The van der Waals surface area contributed by atoms with E-state index in [1.54, 1.807) is 11.8 Å². The fourth-order valence-electron chi connectivity index (χ4n) is 3.81. The fourth-order valence-corrected chi connectivity index (χ4v) is 4.27. The minimum Gasteiger partial charge on any atom is -0.348 e. The molecule has 1 fully saturated rings. The van der Waals surface area contributed by atoms with E-state index in [2.05, 4.69) is 32.3 Å². The summed E-state index contributed by atoms with van der Waals surface area (Å²) in [6, 6.07) is 10.3. The third-order valence-corrected chi connectivity index (χ3v) is 5.91. The monoisotopic (exact) mass is 398 g/mol. The molecule has 1 saturated heterocycles. The standard InChI is InChI=1S/C22H30N4OS/c1-16-19(17(2)24-22(23-16)28-3)11-12-21(27)25-20(15-26-13-7-8-14-26)18-9-5-4-6-10-18/h4-6,9-10,20H,7-8,11-15H2,1-3H3,(H,25,27). The Kier molecular flexibility index (Phi) is 7.45. The number of hydrogen-bond acceptors (Lipinski definition) is 5. The van der Waals surface area contributed by atoms with Crippen LogP contribution in [0.15, 0.2) is 35.5 Å². The molecule has 1 aromatic heterocycles. The summed E-state index contributed by atoms with van der Waals surface area (Å²) in [6.45, 7) is 7.12. The molecular weight excluding hydrogens is 368 g/mol. The number of nitrogens with one attached hydrogen (secondary N) is 1. The van der Waals surface area contributed by atoms with Crippen LogP contribution in [0.1, 0.15) is 47.8 Å². The Morgan fingerprint density at radius 2 is 1.79 bits per heavy atom. The van der Waals surface area contributed by atoms with Crippen molar-refractivity contribution < 1.29 is 4.79 Å². The molecule has 0 spiro atoms. The normalized spacial score (nSPS) is 15.5. The summed E-state index contributed by atoms with van der Waals surface area (Å²) in [5, 5.41) is 4.06. The maximum atomic E-state index is 12.7. The molecule has 0 saturated carbocycles. The highest BCUT2D eigenvalue weighted by Gasteiger charge is 2.21. The predicted octanol–water partition coefficient (Wildman–Crippen LogP) is 3.70. The van der Waals surface area contributed by atoms with Gasteiger partial charge in [-0.25, -0.2) is 9.97 Å². The van der Waals surface area contributed by atoms with Crippen LogP contribution in [0.25, 0.3) is 0 Å². The summed E-state index contributed by atoms with van der Waals surface area (Å²) in [7, 11) is 0. The number of aromatic nitrogens is 2. The Labute approximate surface area is 172 Å². The van der Waals surface area contributed by atoms with Crippen LogP contribution in [-0.4, -0.2) is 46.7 Å². The van der Waals surface area contributed by atoms with E-state index in [-0.39, 0.29) is 11.9 Å². The molecule has 6 heteroatoms. The van der Waals surface area contributed by atoms with Crippen molar-refractivity contribution in [1.82, 2.24) is 20.2 Å². The molecular formula is C22H30N4OS. The lowest BCUT2D eigenvalue weighted by molar-refractivity contribution is -0.121. The van der Waals surface area contributed by atoms with Gasteiger partial charge in [-0.2, -0.15) is 0 Å². The number of amides is 1. The number of thioether (sulfide) groups is 1. The van der Waals surface area contributed by atoms with E-state index in [1.165, 1.54) is 18.4 Å². The van der Waals surface area contributed by atoms with Crippen molar-refractivity contribution in [1.29, 1.82) is 0 Å². The lowest BCUT2D eigenvalue weighted by Crippen LogP contribution is -2.37. The molecule has 1 atom stereocenters. The molecule has 3 rings (SSSR count). The van der Waals surface area contributed by atoms with E-state index in [4.69, 9.17) is 0 Å². The van der Waals surface area contributed by atoms with E-state index < -0.39 is 0 Å². The van der Waals surface area contributed by atoms with Gasteiger partial charge in [-0.15, -0.1) is 0 Å². The summed E-state index contributed by atoms with van der Waals surface area (Å²) in [4.78, 5) is 24.2. The van der Waals surface area contributed by atoms with Crippen molar-refractivity contribution in [2.24, 2.45) is 0 Å². The van der Waals surface area contributed by atoms with Crippen molar-refractivity contribution >= 4 is 17.7 Å². The Hall–Kier alpha value is -1.92. The fraction of sp³-hybridized carbons (Fsp3) is 0.500. The topological polar surface area (TPSA) is 58.1 Å². The van der Waals surface area contributed by atoms with Gasteiger partial charge in [-0.1, -0.05) is 42.1 Å². The average Bonchev–Trinajstić information content (AvgIpc) is 3.20. The molecule has 0 radical (unpaired) electrons. The molecule has 1 aromatic carbocycles. The Morgan fingerprint density at radius 1 is 1.14 bits per heavy atom. The second kappa shape index (κ2) is 10.0. The molecule has 1 N–H and O–H groups in total. The summed E-state index contributed by atoms with van der Waals surface area (Å²) >= 11 is 1.55. The van der Waals surface area contributed by atoms with Gasteiger partial charge in [0.15, 0.2) is 5.16 Å². The molecule has 2 heterocycles. The smallest absolute Gasteiger partial charge is 0.220 e. The van der Waals surface area contributed by atoms with Crippen LogP contribution in [-0.2, 0) is 11.2 Å². The molecule has 1 unspecified atom stereocenters. The van der Waals surface area contributed by atoms with Crippen LogP contribution in [0, 0.1) is 13.8 Å². The molecule has 28 heavy (non-hydrogen) atoms. The highest BCUT2D eigenvalue weighted by Crippen LogP contribution is 2.19. The van der Waals surface area contributed by atoms with E-state index in [0.717, 1.165) is 41.7 Å². The van der Waals surface area contributed by atoms with E-state index in [9.17, 15) is 4.79 Å². The third-order valence-electron chi connectivity index (χ3n) is 5.36. The Morgan fingerprint density at radius 3 is 2.39 bits per heavy atom. The SMILES string of the molecule is CSc1nc(C)c(CCC(=O)NC(CN2CCCC2)c2ccccc2)c(C)n1. The molecule has 0 bridgehead atoms. The number of nitrogens with zero attached hydrogens (tertiary/aromatic N) is 3. The van der Waals surface area contributed by atoms with E-state index in [1.807, 2.05) is 38.3 Å². The van der Waals surface area contributed by atoms with Gasteiger partial charge in [0, 0.05) is 24.4 Å². The van der Waals surface area contributed by atoms with Gasteiger partial charge in [-0.3, -0.25) is 4.79 Å². The first-order valence-corrected chi connectivity index (χ1v) is 11.2. The zero-order chi connectivity index (χ0) is 19.9. The van der Waals surface area contributed by atoms with Crippen molar-refractivity contribution in [3.8, 4) is 0 Å². The quantitative estimate of drug-likeness (QED) is 0.543. The van der Waals surface area contributed by atoms with Gasteiger partial charge in [0.25, 0.3) is 0 Å².